The topological polar surface area (TPSA) is 86.7 Å². The van der Waals surface area contributed by atoms with Crippen LogP contribution in [0.4, 0.5) is 0 Å². The fourth-order valence-electron chi connectivity index (χ4n) is 2.74. The molecule has 1 rings (SSSR count). The van der Waals surface area contributed by atoms with Crippen LogP contribution in [0.1, 0.15) is 97.3 Å². The first-order chi connectivity index (χ1) is 13.4. The molecule has 0 fully saturated rings. The maximum atomic E-state index is 11.3. The second-order valence-electron chi connectivity index (χ2n) is 7.05. The fourth-order valence-corrected chi connectivity index (χ4v) is 3.73. The second kappa shape index (κ2) is 21.0. The van der Waals surface area contributed by atoms with Gasteiger partial charge in [-0.3, -0.25) is 4.18 Å². The molecule has 29 heavy (non-hydrogen) atoms. The summed E-state index contributed by atoms with van der Waals surface area (Å²) in [6.07, 6.45) is 18.2. The molecule has 0 unspecified atom stereocenters. The summed E-state index contributed by atoms with van der Waals surface area (Å²) in [5, 5.41) is 0. The number of esters is 2. The molecule has 0 aliphatic carbocycles. The number of hydrogen-bond acceptors (Lipinski definition) is 6. The molecule has 0 aromatic rings. The van der Waals surface area contributed by atoms with E-state index in [4.69, 9.17) is 4.18 Å². The Kier molecular flexibility index (Phi) is 22.5. The van der Waals surface area contributed by atoms with Crippen LogP contribution in [0, 0.1) is 0 Å². The number of cyclic esters (lactones) is 2. The minimum Gasteiger partial charge on any atom is -0.387 e. The first-order valence-corrected chi connectivity index (χ1v) is 12.3. The number of carbonyl (C=O) groups is 2. The van der Waals surface area contributed by atoms with Crippen LogP contribution in [0.5, 0.6) is 0 Å². The summed E-state index contributed by atoms with van der Waals surface area (Å²) in [6, 6.07) is 0. The van der Waals surface area contributed by atoms with Crippen molar-refractivity contribution in [3.05, 3.63) is 12.2 Å². The van der Waals surface area contributed by atoms with Crippen molar-refractivity contribution in [3.63, 3.8) is 0 Å². The van der Waals surface area contributed by atoms with E-state index in [1.165, 1.54) is 64.2 Å². The Bertz CT molecular complexity index is 529. The molecule has 0 N–H and O–H groups in total. The van der Waals surface area contributed by atoms with E-state index in [1.807, 2.05) is 6.92 Å². The van der Waals surface area contributed by atoms with E-state index >= 15 is 0 Å². The van der Waals surface area contributed by atoms with E-state index < -0.39 is 22.1 Å². The molecule has 8 heteroatoms. The quantitative estimate of drug-likeness (QED) is 0.114. The summed E-state index contributed by atoms with van der Waals surface area (Å²) in [5.41, 5.74) is 0. The van der Waals surface area contributed by atoms with Crippen molar-refractivity contribution in [2.45, 2.75) is 97.3 Å². The molecular weight excluding hydrogens is 403 g/mol. The maximum absolute atomic E-state index is 11.3. The van der Waals surface area contributed by atoms with Crippen molar-refractivity contribution >= 4 is 51.6 Å². The molecule has 0 bridgehead atoms. The zero-order valence-electron chi connectivity index (χ0n) is 18.6. The Balaban J connectivity index is 0. The summed E-state index contributed by atoms with van der Waals surface area (Å²) < 4.78 is 31.5. The van der Waals surface area contributed by atoms with Crippen LogP contribution in [0.25, 0.3) is 0 Å². The van der Waals surface area contributed by atoms with E-state index in [9.17, 15) is 18.0 Å². The van der Waals surface area contributed by atoms with E-state index in [0.29, 0.717) is 13.0 Å². The van der Waals surface area contributed by atoms with Gasteiger partial charge in [0.25, 0.3) is 10.1 Å². The predicted octanol–water partition coefficient (Wildman–Crippen LogP) is 4.69. The van der Waals surface area contributed by atoms with Crippen molar-refractivity contribution in [1.82, 2.24) is 0 Å². The van der Waals surface area contributed by atoms with Gasteiger partial charge in [0, 0.05) is 41.7 Å². The van der Waals surface area contributed by atoms with Gasteiger partial charge in [0.2, 0.25) is 0 Å². The Morgan fingerprint density at radius 2 is 1.14 bits per heavy atom. The monoisotopic (exact) mass is 441 g/mol. The van der Waals surface area contributed by atoms with Crippen LogP contribution in [0.15, 0.2) is 12.2 Å². The third-order valence-electron chi connectivity index (χ3n) is 4.27. The number of hydrogen-bond donors (Lipinski definition) is 0. The minimum atomic E-state index is -3.25. The van der Waals surface area contributed by atoms with Gasteiger partial charge in [-0.05, 0) is 12.8 Å². The SMILES string of the molecule is CCCCCCCCCCCCCCOS(=O)(=O)CCC.O=C1C=CC(=O)O1.[Na]. The Hall–Kier alpha value is -0.210. The van der Waals surface area contributed by atoms with Crippen molar-refractivity contribution in [3.8, 4) is 0 Å². The molecule has 0 aromatic carbocycles. The number of ether oxygens (including phenoxy) is 1. The molecule has 0 aromatic heterocycles. The molecule has 0 saturated carbocycles. The fraction of sp³-hybridized carbons (Fsp3) is 0.810. The van der Waals surface area contributed by atoms with Gasteiger partial charge in [0.05, 0.1) is 12.4 Å². The van der Waals surface area contributed by atoms with E-state index in [-0.39, 0.29) is 35.3 Å². The van der Waals surface area contributed by atoms with Gasteiger partial charge >= 0.3 is 11.9 Å². The van der Waals surface area contributed by atoms with E-state index in [2.05, 4.69) is 11.7 Å². The van der Waals surface area contributed by atoms with Gasteiger partial charge in [0.15, 0.2) is 0 Å². The molecule has 0 amide bonds. The summed E-state index contributed by atoms with van der Waals surface area (Å²) in [7, 11) is -3.25. The van der Waals surface area contributed by atoms with E-state index in [0.717, 1.165) is 25.0 Å². The Labute approximate surface area is 199 Å². The van der Waals surface area contributed by atoms with Crippen molar-refractivity contribution in [2.75, 3.05) is 12.4 Å². The van der Waals surface area contributed by atoms with Crippen LogP contribution in [-0.2, 0) is 28.6 Å². The van der Waals surface area contributed by atoms with Gasteiger partial charge in [-0.1, -0.05) is 84.5 Å². The summed E-state index contributed by atoms with van der Waals surface area (Å²) in [6.45, 7) is 4.47. The zero-order chi connectivity index (χ0) is 21.1. The van der Waals surface area contributed by atoms with Gasteiger partial charge in [-0.2, -0.15) is 8.42 Å². The third-order valence-corrected chi connectivity index (χ3v) is 5.71. The summed E-state index contributed by atoms with van der Waals surface area (Å²) in [5.74, 6) is -1.01. The first kappa shape index (κ1) is 31.0. The molecule has 6 nitrogen and oxygen atoms in total. The average molecular weight is 442 g/mol. The van der Waals surface area contributed by atoms with Gasteiger partial charge < -0.3 is 4.74 Å². The third kappa shape index (κ3) is 22.3. The molecule has 1 aliphatic rings. The normalized spacial score (nSPS) is 12.9. The van der Waals surface area contributed by atoms with Crippen LogP contribution < -0.4 is 0 Å². The summed E-state index contributed by atoms with van der Waals surface area (Å²) >= 11 is 0. The largest absolute Gasteiger partial charge is 0.387 e. The number of rotatable bonds is 16. The van der Waals surface area contributed by atoms with Crippen molar-refractivity contribution in [2.24, 2.45) is 0 Å². The predicted molar refractivity (Wildman–Crippen MR) is 117 cm³/mol. The standard InChI is InChI=1S/C17H36O3S.C4H2O3.Na/c1-3-5-6-7-8-9-10-11-12-13-14-15-16-20-21(18,19)17-4-2;5-3-1-2-4(6)7-3;/h3-17H2,1-2H3;1-2H;. The molecule has 0 atom stereocenters. The first-order valence-electron chi connectivity index (χ1n) is 10.7. The molecule has 165 valence electrons. The van der Waals surface area contributed by atoms with Crippen LogP contribution in [0.3, 0.4) is 0 Å². The van der Waals surface area contributed by atoms with Gasteiger partial charge in [-0.15, -0.1) is 0 Å². The molecule has 1 heterocycles. The van der Waals surface area contributed by atoms with Crippen LogP contribution >= 0.6 is 0 Å². The van der Waals surface area contributed by atoms with Crippen molar-refractivity contribution < 1.29 is 26.9 Å². The van der Waals surface area contributed by atoms with Crippen LogP contribution in [-0.4, -0.2) is 62.3 Å². The van der Waals surface area contributed by atoms with Crippen LogP contribution in [0.2, 0.25) is 0 Å². The number of unbranched alkanes of at least 4 members (excludes halogenated alkanes) is 11. The Morgan fingerprint density at radius 3 is 1.48 bits per heavy atom. The number of carbonyl (C=O) groups excluding carboxylic acids is 2. The molecule has 1 radical (unpaired) electrons. The second-order valence-corrected chi connectivity index (χ2v) is 8.81. The molecule has 0 saturated heterocycles. The molecule has 1 aliphatic heterocycles. The van der Waals surface area contributed by atoms with E-state index in [1.54, 1.807) is 0 Å². The zero-order valence-corrected chi connectivity index (χ0v) is 21.4. The van der Waals surface area contributed by atoms with Crippen molar-refractivity contribution in [1.29, 1.82) is 0 Å². The maximum Gasteiger partial charge on any atom is 0.338 e. The van der Waals surface area contributed by atoms with Gasteiger partial charge in [0.1, 0.15) is 0 Å². The molecular formula is C21H38NaO6S. The average Bonchev–Trinajstić information content (AvgIpc) is 3.02. The Morgan fingerprint density at radius 1 is 0.724 bits per heavy atom. The summed E-state index contributed by atoms with van der Waals surface area (Å²) in [4.78, 5) is 19.8. The minimum absolute atomic E-state index is 0. The molecule has 0 spiro atoms. The van der Waals surface area contributed by atoms with Gasteiger partial charge in [-0.25, -0.2) is 9.59 Å². The smallest absolute Gasteiger partial charge is 0.338 e.